The van der Waals surface area contributed by atoms with Gasteiger partial charge in [0.05, 0.1) is 0 Å². The molecule has 0 spiro atoms. The van der Waals surface area contributed by atoms with E-state index in [1.807, 2.05) is 32.0 Å². The summed E-state index contributed by atoms with van der Waals surface area (Å²) in [6.07, 6.45) is 0. The highest BCUT2D eigenvalue weighted by atomic mass is 32.2. The Hall–Kier alpha value is -2.10. The van der Waals surface area contributed by atoms with Crippen LogP contribution in [0.4, 0.5) is 0 Å². The number of benzene rings is 1. The van der Waals surface area contributed by atoms with Crippen molar-refractivity contribution in [1.29, 1.82) is 0 Å². The number of sulfonamides is 1. The predicted octanol–water partition coefficient (Wildman–Crippen LogP) is 2.38. The van der Waals surface area contributed by atoms with Gasteiger partial charge in [-0.25, -0.2) is 13.1 Å². The summed E-state index contributed by atoms with van der Waals surface area (Å²) in [5, 5.41) is 3.74. The fraction of sp³-hybridized carbons (Fsp3) is 0.500. The van der Waals surface area contributed by atoms with Crippen LogP contribution in [0.2, 0.25) is 0 Å². The molecule has 0 radical (unpaired) electrons. The Balaban J connectivity index is 1.86. The molecule has 0 fully saturated rings. The molecule has 1 unspecified atom stereocenters. The van der Waals surface area contributed by atoms with Gasteiger partial charge in [-0.1, -0.05) is 25.1 Å². The minimum atomic E-state index is -3.73. The Morgan fingerprint density at radius 3 is 2.52 bits per heavy atom. The number of hydrogen-bond acceptors (Lipinski definition) is 7. The number of nitrogens with zero attached hydrogens (tertiary/aromatic N) is 2. The van der Waals surface area contributed by atoms with Crippen molar-refractivity contribution < 1.29 is 22.4 Å². The lowest BCUT2D eigenvalue weighted by Crippen LogP contribution is -2.38. The first-order chi connectivity index (χ1) is 12.9. The first-order valence-corrected chi connectivity index (χ1v) is 10.4. The van der Waals surface area contributed by atoms with E-state index in [1.54, 1.807) is 13.8 Å². The van der Waals surface area contributed by atoms with E-state index in [9.17, 15) is 8.42 Å². The number of nitrogens with one attached hydrogen (secondary N) is 1. The average molecular weight is 395 g/mol. The highest BCUT2D eigenvalue weighted by Crippen LogP contribution is 2.35. The average Bonchev–Trinajstić information content (AvgIpc) is 3.24. The van der Waals surface area contributed by atoms with Crippen molar-refractivity contribution in [2.45, 2.75) is 38.6 Å². The first-order valence-electron chi connectivity index (χ1n) is 8.93. The van der Waals surface area contributed by atoms with E-state index in [2.05, 4.69) is 14.8 Å². The minimum Gasteiger partial charge on any atom is -0.454 e. The van der Waals surface area contributed by atoms with Crippen molar-refractivity contribution in [1.82, 2.24) is 14.8 Å². The molecular weight excluding hydrogens is 370 g/mol. The molecule has 2 heterocycles. The summed E-state index contributed by atoms with van der Waals surface area (Å²) in [6.45, 7) is 9.28. The number of aryl methyl sites for hydroxylation is 2. The number of aromatic nitrogens is 1. The van der Waals surface area contributed by atoms with Crippen LogP contribution in [0.25, 0.3) is 0 Å². The van der Waals surface area contributed by atoms with Crippen LogP contribution in [-0.2, 0) is 10.0 Å². The third kappa shape index (κ3) is 3.95. The normalized spacial score (nSPS) is 14.7. The van der Waals surface area contributed by atoms with Crippen LogP contribution >= 0.6 is 0 Å². The van der Waals surface area contributed by atoms with Crippen molar-refractivity contribution >= 4 is 10.0 Å². The number of hydrogen-bond donors (Lipinski definition) is 1. The van der Waals surface area contributed by atoms with Gasteiger partial charge in [-0.05, 0) is 44.6 Å². The quantitative estimate of drug-likeness (QED) is 0.733. The molecule has 0 saturated carbocycles. The van der Waals surface area contributed by atoms with E-state index >= 15 is 0 Å². The lowest BCUT2D eigenvalue weighted by Gasteiger charge is -2.30. The van der Waals surface area contributed by atoms with E-state index in [4.69, 9.17) is 14.0 Å². The molecule has 0 saturated heterocycles. The Labute approximate surface area is 159 Å². The van der Waals surface area contributed by atoms with Gasteiger partial charge in [0.1, 0.15) is 10.6 Å². The maximum atomic E-state index is 12.8. The second-order valence-corrected chi connectivity index (χ2v) is 8.06. The van der Waals surface area contributed by atoms with E-state index in [0.29, 0.717) is 17.2 Å². The van der Waals surface area contributed by atoms with Crippen molar-refractivity contribution in [3.63, 3.8) is 0 Å². The minimum absolute atomic E-state index is 0.103. The van der Waals surface area contributed by atoms with Crippen molar-refractivity contribution in [3.05, 3.63) is 35.2 Å². The molecule has 0 bridgehead atoms. The third-order valence-electron chi connectivity index (χ3n) is 4.74. The molecule has 1 aromatic carbocycles. The number of likely N-dealkylation sites (N-methyl/N-ethyl adjacent to an activating group) is 1. The highest BCUT2D eigenvalue weighted by molar-refractivity contribution is 7.89. The molecule has 9 heteroatoms. The molecule has 3 rings (SSSR count). The summed E-state index contributed by atoms with van der Waals surface area (Å²) >= 11 is 0. The summed E-state index contributed by atoms with van der Waals surface area (Å²) in [5.41, 5.74) is 1.31. The zero-order valence-electron chi connectivity index (χ0n) is 16.0. The van der Waals surface area contributed by atoms with Crippen molar-refractivity contribution in [2.75, 3.05) is 26.4 Å². The van der Waals surface area contributed by atoms with Crippen LogP contribution in [0.5, 0.6) is 11.5 Å². The fourth-order valence-corrected chi connectivity index (χ4v) is 4.73. The standard InChI is InChI=1S/C18H25N3O5S/c1-5-21(6-2)15(14-7-8-16-17(9-14)25-11-24-16)10-19-27(22,23)18-12(3)20-26-13(18)4/h7-9,15,19H,5-6,10-11H2,1-4H3. The number of fused-ring (bicyclic) bond motifs is 1. The summed E-state index contributed by atoms with van der Waals surface area (Å²) in [4.78, 5) is 2.29. The SMILES string of the molecule is CCN(CC)C(CNS(=O)(=O)c1c(C)noc1C)c1ccc2c(c1)OCO2. The van der Waals surface area contributed by atoms with Crippen LogP contribution in [-0.4, -0.2) is 44.9 Å². The predicted molar refractivity (Wildman–Crippen MR) is 99.4 cm³/mol. The Morgan fingerprint density at radius 1 is 1.19 bits per heavy atom. The molecule has 27 heavy (non-hydrogen) atoms. The van der Waals surface area contributed by atoms with Gasteiger partial charge in [0.15, 0.2) is 17.3 Å². The molecule has 148 valence electrons. The number of rotatable bonds is 8. The smallest absolute Gasteiger partial charge is 0.246 e. The van der Waals surface area contributed by atoms with E-state index in [-0.39, 0.29) is 30.0 Å². The van der Waals surface area contributed by atoms with E-state index < -0.39 is 10.0 Å². The van der Waals surface area contributed by atoms with Crippen LogP contribution in [0.1, 0.15) is 36.9 Å². The van der Waals surface area contributed by atoms with Crippen LogP contribution in [0.15, 0.2) is 27.6 Å². The molecule has 1 atom stereocenters. The van der Waals surface area contributed by atoms with E-state index in [0.717, 1.165) is 18.7 Å². The molecular formula is C18H25N3O5S. The lowest BCUT2D eigenvalue weighted by molar-refractivity contribution is 0.173. The second kappa shape index (κ2) is 7.87. The molecule has 1 aromatic heterocycles. The molecule has 2 aromatic rings. The van der Waals surface area contributed by atoms with E-state index in [1.165, 1.54) is 0 Å². The maximum absolute atomic E-state index is 12.8. The molecule has 0 amide bonds. The highest BCUT2D eigenvalue weighted by Gasteiger charge is 2.27. The molecule has 1 aliphatic heterocycles. The summed E-state index contributed by atoms with van der Waals surface area (Å²) < 4.78 is 44.1. The lowest BCUT2D eigenvalue weighted by atomic mass is 10.0. The second-order valence-electron chi connectivity index (χ2n) is 6.35. The topological polar surface area (TPSA) is 93.9 Å². The van der Waals surface area contributed by atoms with Gasteiger partial charge in [-0.15, -0.1) is 0 Å². The van der Waals surface area contributed by atoms with Gasteiger partial charge in [0, 0.05) is 12.6 Å². The molecule has 1 N–H and O–H groups in total. The Morgan fingerprint density at radius 2 is 1.89 bits per heavy atom. The Bertz CT molecular complexity index is 886. The fourth-order valence-electron chi connectivity index (χ4n) is 3.36. The largest absolute Gasteiger partial charge is 0.454 e. The van der Waals surface area contributed by atoms with Gasteiger partial charge in [-0.3, -0.25) is 4.90 Å². The molecule has 1 aliphatic rings. The van der Waals surface area contributed by atoms with Crippen molar-refractivity contribution in [2.24, 2.45) is 0 Å². The van der Waals surface area contributed by atoms with Crippen LogP contribution < -0.4 is 14.2 Å². The summed E-state index contributed by atoms with van der Waals surface area (Å²) in [6, 6.07) is 5.57. The molecule has 0 aliphatic carbocycles. The van der Waals surface area contributed by atoms with Crippen LogP contribution in [0.3, 0.4) is 0 Å². The molecule has 8 nitrogen and oxygen atoms in total. The van der Waals surface area contributed by atoms with Crippen LogP contribution in [0, 0.1) is 13.8 Å². The maximum Gasteiger partial charge on any atom is 0.246 e. The zero-order chi connectivity index (χ0) is 19.6. The van der Waals surface area contributed by atoms with Gasteiger partial charge >= 0.3 is 0 Å². The summed E-state index contributed by atoms with van der Waals surface area (Å²) in [5.74, 6) is 1.66. The third-order valence-corrected chi connectivity index (χ3v) is 6.40. The Kier molecular flexibility index (Phi) is 5.73. The monoisotopic (exact) mass is 395 g/mol. The first kappa shape index (κ1) is 19.7. The van der Waals surface area contributed by atoms with Gasteiger partial charge < -0.3 is 14.0 Å². The number of ether oxygens (including phenoxy) is 2. The van der Waals surface area contributed by atoms with Crippen molar-refractivity contribution in [3.8, 4) is 11.5 Å². The van der Waals surface area contributed by atoms with Gasteiger partial charge in [0.25, 0.3) is 0 Å². The summed E-state index contributed by atoms with van der Waals surface area (Å²) in [7, 11) is -3.73. The van der Waals surface area contributed by atoms with Gasteiger partial charge in [0.2, 0.25) is 16.8 Å². The van der Waals surface area contributed by atoms with Gasteiger partial charge in [-0.2, -0.15) is 0 Å². The zero-order valence-corrected chi connectivity index (χ0v) is 16.8.